The summed E-state index contributed by atoms with van der Waals surface area (Å²) < 4.78 is 0. The summed E-state index contributed by atoms with van der Waals surface area (Å²) in [5.41, 5.74) is 0. The van der Waals surface area contributed by atoms with E-state index in [9.17, 15) is 0 Å². The largest absolute Gasteiger partial charge is 0.351 e. The van der Waals surface area contributed by atoms with Crippen LogP contribution in [0.1, 0.15) is 39.5 Å². The van der Waals surface area contributed by atoms with E-state index in [2.05, 4.69) is 18.7 Å². The van der Waals surface area contributed by atoms with Gasteiger partial charge in [0.1, 0.15) is 0 Å². The lowest BCUT2D eigenvalue weighted by Gasteiger charge is -2.16. The monoisotopic (exact) mass is 200 g/mol. The average Bonchev–Trinajstić information content (AvgIpc) is 2.44. The van der Waals surface area contributed by atoms with Crippen molar-refractivity contribution in [3.05, 3.63) is 0 Å². The first-order valence-corrected chi connectivity index (χ1v) is 6.16. The van der Waals surface area contributed by atoms with Gasteiger partial charge in [-0.05, 0) is 12.8 Å². The minimum Gasteiger partial charge on any atom is -0.351 e. The van der Waals surface area contributed by atoms with Crippen molar-refractivity contribution < 1.29 is 0 Å². The van der Waals surface area contributed by atoms with Gasteiger partial charge in [0, 0.05) is 18.3 Å². The molecule has 13 heavy (non-hydrogen) atoms. The van der Waals surface area contributed by atoms with Gasteiger partial charge in [0.05, 0.1) is 0 Å². The molecule has 0 spiro atoms. The van der Waals surface area contributed by atoms with Crippen LogP contribution in [0.25, 0.3) is 0 Å². The molecule has 0 radical (unpaired) electrons. The van der Waals surface area contributed by atoms with E-state index >= 15 is 0 Å². The van der Waals surface area contributed by atoms with Gasteiger partial charge >= 0.3 is 0 Å². The van der Waals surface area contributed by atoms with Crippen molar-refractivity contribution in [1.82, 2.24) is 4.90 Å². The Kier molecular flexibility index (Phi) is 4.64. The number of unbranched alkanes of at least 4 members (excludes halogenated alkanes) is 1. The number of thioether (sulfide) groups is 1. The molecule has 0 bridgehead atoms. The number of rotatable bonds is 5. The molecule has 1 atom stereocenters. The van der Waals surface area contributed by atoms with Crippen molar-refractivity contribution in [1.29, 1.82) is 5.41 Å². The molecule has 0 aromatic carbocycles. The molecule has 0 aliphatic carbocycles. The smallest absolute Gasteiger partial charge is 0.156 e. The van der Waals surface area contributed by atoms with E-state index in [-0.39, 0.29) is 0 Å². The third-order valence-corrected chi connectivity index (χ3v) is 3.58. The van der Waals surface area contributed by atoms with Crippen LogP contribution in [0.3, 0.4) is 0 Å². The second kappa shape index (κ2) is 5.53. The Labute approximate surface area is 85.6 Å². The van der Waals surface area contributed by atoms with Crippen molar-refractivity contribution in [2.45, 2.75) is 44.8 Å². The molecule has 1 N–H and O–H groups in total. The summed E-state index contributed by atoms with van der Waals surface area (Å²) in [4.78, 5) is 2.23. The van der Waals surface area contributed by atoms with Crippen molar-refractivity contribution >= 4 is 16.9 Å². The maximum atomic E-state index is 7.78. The summed E-state index contributed by atoms with van der Waals surface area (Å²) >= 11 is 1.76. The van der Waals surface area contributed by atoms with Gasteiger partial charge < -0.3 is 4.90 Å². The topological polar surface area (TPSA) is 27.1 Å². The van der Waals surface area contributed by atoms with Crippen molar-refractivity contribution in [2.24, 2.45) is 0 Å². The van der Waals surface area contributed by atoms with Gasteiger partial charge in [0.15, 0.2) is 5.17 Å². The van der Waals surface area contributed by atoms with Crippen LogP contribution in [0, 0.1) is 5.41 Å². The third kappa shape index (κ3) is 3.22. The summed E-state index contributed by atoms with van der Waals surface area (Å²) in [5.74, 6) is 0. The lowest BCUT2D eigenvalue weighted by molar-refractivity contribution is 0.417. The van der Waals surface area contributed by atoms with Crippen LogP contribution in [0.4, 0.5) is 0 Å². The lowest BCUT2D eigenvalue weighted by atomic mass is 10.2. The molecule has 1 unspecified atom stereocenters. The fraction of sp³-hybridized carbons (Fsp3) is 0.900. The van der Waals surface area contributed by atoms with E-state index in [0.717, 1.165) is 18.3 Å². The number of amidine groups is 1. The predicted octanol–water partition coefficient (Wildman–Crippen LogP) is 2.94. The Morgan fingerprint density at radius 2 is 2.23 bits per heavy atom. The Bertz CT molecular complexity index is 170. The Morgan fingerprint density at radius 3 is 2.85 bits per heavy atom. The van der Waals surface area contributed by atoms with Crippen LogP contribution in [0.15, 0.2) is 0 Å². The van der Waals surface area contributed by atoms with Gasteiger partial charge in [-0.2, -0.15) is 0 Å². The molecule has 1 fully saturated rings. The fourth-order valence-electron chi connectivity index (χ4n) is 1.61. The summed E-state index contributed by atoms with van der Waals surface area (Å²) in [6.45, 7) is 6.62. The fourth-order valence-corrected chi connectivity index (χ4v) is 2.85. The molecule has 76 valence electrons. The van der Waals surface area contributed by atoms with Crippen LogP contribution < -0.4 is 0 Å². The average molecular weight is 200 g/mol. The first kappa shape index (κ1) is 10.9. The Balaban J connectivity index is 2.28. The maximum Gasteiger partial charge on any atom is 0.156 e. The number of nitrogens with one attached hydrogen (secondary N) is 1. The van der Waals surface area contributed by atoms with E-state index in [1.165, 1.54) is 25.7 Å². The highest BCUT2D eigenvalue weighted by molar-refractivity contribution is 8.14. The highest BCUT2D eigenvalue weighted by Crippen LogP contribution is 2.27. The molecule has 1 heterocycles. The zero-order valence-electron chi connectivity index (χ0n) is 8.68. The van der Waals surface area contributed by atoms with Crippen LogP contribution >= 0.6 is 11.8 Å². The Hall–Kier alpha value is -0.180. The minimum atomic E-state index is 0.689. The SMILES string of the molecule is CCCCN1CC(CCC)SC1=N. The number of hydrogen-bond acceptors (Lipinski definition) is 2. The van der Waals surface area contributed by atoms with E-state index < -0.39 is 0 Å². The van der Waals surface area contributed by atoms with Crippen molar-refractivity contribution in [3.63, 3.8) is 0 Å². The molecule has 1 rings (SSSR count). The van der Waals surface area contributed by atoms with Crippen LogP contribution in [0.5, 0.6) is 0 Å². The van der Waals surface area contributed by atoms with Gasteiger partial charge in [-0.25, -0.2) is 0 Å². The molecule has 1 aliphatic heterocycles. The number of nitrogens with zero attached hydrogens (tertiary/aromatic N) is 1. The van der Waals surface area contributed by atoms with E-state index in [0.29, 0.717) is 5.25 Å². The molecule has 2 nitrogen and oxygen atoms in total. The molecular weight excluding hydrogens is 180 g/mol. The highest BCUT2D eigenvalue weighted by Gasteiger charge is 2.25. The van der Waals surface area contributed by atoms with Crippen molar-refractivity contribution in [2.75, 3.05) is 13.1 Å². The zero-order chi connectivity index (χ0) is 9.68. The first-order valence-electron chi connectivity index (χ1n) is 5.28. The molecule has 0 aromatic rings. The van der Waals surface area contributed by atoms with E-state index in [1.807, 2.05) is 0 Å². The Morgan fingerprint density at radius 1 is 1.46 bits per heavy atom. The van der Waals surface area contributed by atoms with Crippen LogP contribution in [-0.2, 0) is 0 Å². The lowest BCUT2D eigenvalue weighted by Crippen LogP contribution is -2.26. The van der Waals surface area contributed by atoms with Gasteiger partial charge in [0.25, 0.3) is 0 Å². The first-order chi connectivity index (χ1) is 6.27. The highest BCUT2D eigenvalue weighted by atomic mass is 32.2. The van der Waals surface area contributed by atoms with Crippen molar-refractivity contribution in [3.8, 4) is 0 Å². The summed E-state index contributed by atoms with van der Waals surface area (Å²) in [6, 6.07) is 0. The molecular formula is C10H20N2S. The molecule has 3 heteroatoms. The van der Waals surface area contributed by atoms with Gasteiger partial charge in [-0.3, -0.25) is 5.41 Å². The zero-order valence-corrected chi connectivity index (χ0v) is 9.49. The summed E-state index contributed by atoms with van der Waals surface area (Å²) in [5, 5.41) is 9.27. The minimum absolute atomic E-state index is 0.689. The molecule has 0 aromatic heterocycles. The second-order valence-corrected chi connectivity index (χ2v) is 4.92. The maximum absolute atomic E-state index is 7.78. The molecule has 1 aliphatic rings. The summed E-state index contributed by atoms with van der Waals surface area (Å²) in [7, 11) is 0. The van der Waals surface area contributed by atoms with Crippen LogP contribution in [0.2, 0.25) is 0 Å². The summed E-state index contributed by atoms with van der Waals surface area (Å²) in [6.07, 6.45) is 4.96. The van der Waals surface area contributed by atoms with Gasteiger partial charge in [-0.15, -0.1) is 0 Å². The van der Waals surface area contributed by atoms with Crippen LogP contribution in [-0.4, -0.2) is 28.4 Å². The normalized spacial score (nSPS) is 22.8. The van der Waals surface area contributed by atoms with E-state index in [4.69, 9.17) is 5.41 Å². The number of hydrogen-bond donors (Lipinski definition) is 1. The van der Waals surface area contributed by atoms with Gasteiger partial charge in [-0.1, -0.05) is 38.5 Å². The second-order valence-electron chi connectivity index (χ2n) is 3.63. The predicted molar refractivity (Wildman–Crippen MR) is 60.5 cm³/mol. The molecule has 1 saturated heterocycles. The standard InChI is InChI=1S/C10H20N2S/c1-3-5-7-12-8-9(6-4-2)13-10(12)11/h9,11H,3-8H2,1-2H3. The molecule has 0 amide bonds. The third-order valence-electron chi connectivity index (χ3n) is 2.38. The van der Waals surface area contributed by atoms with E-state index in [1.54, 1.807) is 11.8 Å². The molecule has 0 saturated carbocycles. The quantitative estimate of drug-likeness (QED) is 0.738. The van der Waals surface area contributed by atoms with Gasteiger partial charge in [0.2, 0.25) is 0 Å².